The highest BCUT2D eigenvalue weighted by atomic mass is 16.5. The largest absolute Gasteiger partial charge is 0.399 e. The standard InChI is InChI=1S/C13H20N2O/c1-10(11-4-3-5-12(14)8-11)15-7-6-13(9-15)16-2/h3-5,8,10,13H,6-7,9,14H2,1-2H3. The summed E-state index contributed by atoms with van der Waals surface area (Å²) in [6, 6.07) is 8.57. The topological polar surface area (TPSA) is 38.5 Å². The van der Waals surface area contributed by atoms with Gasteiger partial charge in [-0.25, -0.2) is 0 Å². The van der Waals surface area contributed by atoms with Crippen molar-refractivity contribution in [3.63, 3.8) is 0 Å². The van der Waals surface area contributed by atoms with Crippen LogP contribution >= 0.6 is 0 Å². The lowest BCUT2D eigenvalue weighted by Gasteiger charge is -2.24. The summed E-state index contributed by atoms with van der Waals surface area (Å²) in [5.41, 5.74) is 7.93. The van der Waals surface area contributed by atoms with Crippen LogP contribution in [0.2, 0.25) is 0 Å². The minimum absolute atomic E-state index is 0.392. The van der Waals surface area contributed by atoms with E-state index in [4.69, 9.17) is 10.5 Å². The van der Waals surface area contributed by atoms with Crippen LogP contribution in [0.5, 0.6) is 0 Å². The molecule has 1 heterocycles. The molecule has 1 saturated heterocycles. The van der Waals surface area contributed by atoms with Crippen molar-refractivity contribution in [3.05, 3.63) is 29.8 Å². The molecule has 1 aromatic carbocycles. The summed E-state index contributed by atoms with van der Waals surface area (Å²) in [5.74, 6) is 0. The van der Waals surface area contributed by atoms with Gasteiger partial charge >= 0.3 is 0 Å². The van der Waals surface area contributed by atoms with Gasteiger partial charge in [-0.1, -0.05) is 12.1 Å². The molecule has 1 aliphatic heterocycles. The monoisotopic (exact) mass is 220 g/mol. The smallest absolute Gasteiger partial charge is 0.0710 e. The molecule has 0 radical (unpaired) electrons. The number of likely N-dealkylation sites (tertiary alicyclic amines) is 1. The molecule has 1 fully saturated rings. The van der Waals surface area contributed by atoms with Crippen molar-refractivity contribution in [2.45, 2.75) is 25.5 Å². The maximum absolute atomic E-state index is 5.81. The zero-order valence-electron chi connectivity index (χ0n) is 10.0. The van der Waals surface area contributed by atoms with Crippen LogP contribution in [0, 0.1) is 0 Å². The van der Waals surface area contributed by atoms with E-state index in [1.54, 1.807) is 7.11 Å². The lowest BCUT2D eigenvalue weighted by atomic mass is 10.1. The van der Waals surface area contributed by atoms with Crippen LogP contribution in [0.25, 0.3) is 0 Å². The minimum atomic E-state index is 0.392. The quantitative estimate of drug-likeness (QED) is 0.792. The zero-order chi connectivity index (χ0) is 11.5. The zero-order valence-corrected chi connectivity index (χ0v) is 10.0. The number of nitrogen functional groups attached to an aromatic ring is 1. The molecular formula is C13H20N2O. The average molecular weight is 220 g/mol. The number of hydrogen-bond donors (Lipinski definition) is 1. The van der Waals surface area contributed by atoms with Crippen molar-refractivity contribution in [1.82, 2.24) is 4.90 Å². The number of benzene rings is 1. The highest BCUT2D eigenvalue weighted by molar-refractivity contribution is 5.41. The van der Waals surface area contributed by atoms with Gasteiger partial charge in [0.1, 0.15) is 0 Å². The van der Waals surface area contributed by atoms with Gasteiger partial charge in [0.15, 0.2) is 0 Å². The van der Waals surface area contributed by atoms with Crippen LogP contribution in [0.1, 0.15) is 24.9 Å². The minimum Gasteiger partial charge on any atom is -0.399 e. The van der Waals surface area contributed by atoms with Crippen molar-refractivity contribution < 1.29 is 4.74 Å². The molecule has 1 aliphatic rings. The molecule has 3 nitrogen and oxygen atoms in total. The predicted octanol–water partition coefficient (Wildman–Crippen LogP) is 2.05. The summed E-state index contributed by atoms with van der Waals surface area (Å²) in [7, 11) is 1.79. The number of rotatable bonds is 3. The molecule has 1 aromatic rings. The van der Waals surface area contributed by atoms with Gasteiger partial charge in [-0.15, -0.1) is 0 Å². The van der Waals surface area contributed by atoms with Crippen molar-refractivity contribution in [3.8, 4) is 0 Å². The van der Waals surface area contributed by atoms with E-state index in [0.717, 1.165) is 25.2 Å². The third-order valence-corrected chi connectivity index (χ3v) is 3.45. The molecule has 2 unspecified atom stereocenters. The molecule has 88 valence electrons. The molecule has 0 aliphatic carbocycles. The SMILES string of the molecule is COC1CCN(C(C)c2cccc(N)c2)C1. The lowest BCUT2D eigenvalue weighted by molar-refractivity contribution is 0.102. The normalized spacial score (nSPS) is 23.5. The molecule has 0 saturated carbocycles. The van der Waals surface area contributed by atoms with Crippen molar-refractivity contribution in [2.75, 3.05) is 25.9 Å². The Morgan fingerprint density at radius 1 is 1.50 bits per heavy atom. The van der Waals surface area contributed by atoms with Gasteiger partial charge in [-0.3, -0.25) is 4.90 Å². The maximum Gasteiger partial charge on any atom is 0.0710 e. The molecule has 0 spiro atoms. The van der Waals surface area contributed by atoms with Gasteiger partial charge in [0.05, 0.1) is 6.10 Å². The highest BCUT2D eigenvalue weighted by Gasteiger charge is 2.26. The summed E-state index contributed by atoms with van der Waals surface area (Å²) in [6.07, 6.45) is 1.52. The summed E-state index contributed by atoms with van der Waals surface area (Å²) in [6.45, 7) is 4.35. The number of methoxy groups -OCH3 is 1. The molecule has 3 heteroatoms. The van der Waals surface area contributed by atoms with E-state index in [-0.39, 0.29) is 0 Å². The van der Waals surface area contributed by atoms with E-state index in [9.17, 15) is 0 Å². The first-order valence-electron chi connectivity index (χ1n) is 5.83. The van der Waals surface area contributed by atoms with Crippen molar-refractivity contribution >= 4 is 5.69 Å². The fourth-order valence-electron chi connectivity index (χ4n) is 2.33. The van der Waals surface area contributed by atoms with Crippen LogP contribution in [-0.4, -0.2) is 31.2 Å². The third-order valence-electron chi connectivity index (χ3n) is 3.45. The number of ether oxygens (including phenoxy) is 1. The van der Waals surface area contributed by atoms with Crippen LogP contribution in [0.15, 0.2) is 24.3 Å². The van der Waals surface area contributed by atoms with Crippen LogP contribution < -0.4 is 5.73 Å². The van der Waals surface area contributed by atoms with Gasteiger partial charge in [-0.05, 0) is 31.0 Å². The van der Waals surface area contributed by atoms with Crippen LogP contribution in [-0.2, 0) is 4.74 Å². The molecule has 0 bridgehead atoms. The highest BCUT2D eigenvalue weighted by Crippen LogP contribution is 2.26. The van der Waals surface area contributed by atoms with Gasteiger partial charge in [0.2, 0.25) is 0 Å². The first-order valence-corrected chi connectivity index (χ1v) is 5.83. The second-order valence-electron chi connectivity index (χ2n) is 4.49. The number of nitrogens with two attached hydrogens (primary N) is 1. The summed E-state index contributed by atoms with van der Waals surface area (Å²) < 4.78 is 5.38. The Balaban J connectivity index is 2.05. The Labute approximate surface area is 97.2 Å². The Kier molecular flexibility index (Phi) is 3.46. The maximum atomic E-state index is 5.81. The van der Waals surface area contributed by atoms with E-state index in [0.29, 0.717) is 12.1 Å². The van der Waals surface area contributed by atoms with E-state index in [1.807, 2.05) is 12.1 Å². The fraction of sp³-hybridized carbons (Fsp3) is 0.538. The first kappa shape index (κ1) is 11.4. The fourth-order valence-corrected chi connectivity index (χ4v) is 2.33. The predicted molar refractivity (Wildman–Crippen MR) is 66.3 cm³/mol. The average Bonchev–Trinajstić information content (AvgIpc) is 2.76. The van der Waals surface area contributed by atoms with E-state index >= 15 is 0 Å². The molecule has 2 N–H and O–H groups in total. The van der Waals surface area contributed by atoms with Gasteiger partial charge in [0.25, 0.3) is 0 Å². The Morgan fingerprint density at radius 2 is 2.31 bits per heavy atom. The summed E-state index contributed by atoms with van der Waals surface area (Å²) >= 11 is 0. The van der Waals surface area contributed by atoms with Crippen LogP contribution in [0.4, 0.5) is 5.69 Å². The van der Waals surface area contributed by atoms with Crippen molar-refractivity contribution in [2.24, 2.45) is 0 Å². The Bertz CT molecular complexity index is 354. The van der Waals surface area contributed by atoms with Crippen molar-refractivity contribution in [1.29, 1.82) is 0 Å². The summed E-state index contributed by atoms with van der Waals surface area (Å²) in [4.78, 5) is 2.45. The third kappa shape index (κ3) is 2.36. The van der Waals surface area contributed by atoms with E-state index in [1.165, 1.54) is 5.56 Å². The van der Waals surface area contributed by atoms with Gasteiger partial charge in [0, 0.05) is 31.9 Å². The van der Waals surface area contributed by atoms with Gasteiger partial charge < -0.3 is 10.5 Å². The molecule has 0 aromatic heterocycles. The van der Waals surface area contributed by atoms with Gasteiger partial charge in [-0.2, -0.15) is 0 Å². The molecular weight excluding hydrogens is 200 g/mol. The number of anilines is 1. The lowest BCUT2D eigenvalue weighted by Crippen LogP contribution is -2.26. The van der Waals surface area contributed by atoms with E-state index in [2.05, 4.69) is 24.0 Å². The summed E-state index contributed by atoms with van der Waals surface area (Å²) in [5, 5.41) is 0. The second-order valence-corrected chi connectivity index (χ2v) is 4.49. The second kappa shape index (κ2) is 4.85. The Hall–Kier alpha value is -1.06. The van der Waals surface area contributed by atoms with Crippen LogP contribution in [0.3, 0.4) is 0 Å². The first-order chi connectivity index (χ1) is 7.70. The molecule has 0 amide bonds. The Morgan fingerprint density at radius 3 is 2.94 bits per heavy atom. The number of hydrogen-bond acceptors (Lipinski definition) is 3. The number of nitrogens with zero attached hydrogens (tertiary/aromatic N) is 1. The molecule has 2 atom stereocenters. The molecule has 2 rings (SSSR count). The molecule has 16 heavy (non-hydrogen) atoms. The van der Waals surface area contributed by atoms with E-state index < -0.39 is 0 Å².